The SMILES string of the molecule is CC1Cc2cc(CO)c(CO)cc2C(c2ccc(N)cc2)=NN1C(=O)N1CCCCC1. The zero-order valence-electron chi connectivity index (χ0n) is 17.9. The van der Waals surface area contributed by atoms with Gasteiger partial charge in [-0.15, -0.1) is 0 Å². The van der Waals surface area contributed by atoms with Crippen molar-refractivity contribution in [3.63, 3.8) is 0 Å². The minimum Gasteiger partial charge on any atom is -0.399 e. The highest BCUT2D eigenvalue weighted by molar-refractivity contribution is 6.14. The van der Waals surface area contributed by atoms with Crippen molar-refractivity contribution in [2.75, 3.05) is 18.8 Å². The zero-order valence-corrected chi connectivity index (χ0v) is 17.9. The number of carbonyl (C=O) groups excluding carboxylic acids is 1. The molecule has 2 aromatic carbocycles. The van der Waals surface area contributed by atoms with E-state index in [1.165, 1.54) is 0 Å². The Labute approximate surface area is 182 Å². The predicted octanol–water partition coefficient (Wildman–Crippen LogP) is 2.86. The molecule has 164 valence electrons. The second-order valence-corrected chi connectivity index (χ2v) is 8.39. The number of likely N-dealkylation sites (tertiary alicyclic amines) is 1. The molecule has 2 heterocycles. The molecule has 0 spiro atoms. The Hall–Kier alpha value is -2.90. The Bertz CT molecular complexity index is 981. The fourth-order valence-corrected chi connectivity index (χ4v) is 4.40. The van der Waals surface area contributed by atoms with Gasteiger partial charge < -0.3 is 20.8 Å². The average molecular weight is 423 g/mol. The van der Waals surface area contributed by atoms with Gasteiger partial charge in [-0.3, -0.25) is 0 Å². The van der Waals surface area contributed by atoms with Crippen LogP contribution >= 0.6 is 0 Å². The topological polar surface area (TPSA) is 102 Å². The van der Waals surface area contributed by atoms with Crippen LogP contribution in [0.3, 0.4) is 0 Å². The lowest BCUT2D eigenvalue weighted by molar-refractivity contribution is 0.130. The summed E-state index contributed by atoms with van der Waals surface area (Å²) in [5.41, 5.74) is 11.3. The first-order valence-electron chi connectivity index (χ1n) is 10.9. The lowest BCUT2D eigenvalue weighted by Crippen LogP contribution is -2.47. The first-order chi connectivity index (χ1) is 15.0. The number of hydrazone groups is 1. The Morgan fingerprint density at radius 3 is 2.35 bits per heavy atom. The Kier molecular flexibility index (Phi) is 6.25. The van der Waals surface area contributed by atoms with Crippen molar-refractivity contribution >= 4 is 17.4 Å². The molecule has 1 fully saturated rings. The molecule has 1 saturated heterocycles. The number of amides is 2. The Balaban J connectivity index is 1.84. The normalized spacial score (nSPS) is 18.9. The maximum atomic E-state index is 13.4. The second-order valence-electron chi connectivity index (χ2n) is 8.39. The molecule has 4 N–H and O–H groups in total. The molecule has 0 bridgehead atoms. The zero-order chi connectivity index (χ0) is 22.0. The third-order valence-electron chi connectivity index (χ3n) is 6.17. The molecule has 2 aliphatic rings. The monoisotopic (exact) mass is 422 g/mol. The van der Waals surface area contributed by atoms with Gasteiger partial charge in [0.25, 0.3) is 0 Å². The quantitative estimate of drug-likeness (QED) is 0.662. The Morgan fingerprint density at radius 2 is 1.71 bits per heavy atom. The van der Waals surface area contributed by atoms with Gasteiger partial charge in [0.1, 0.15) is 0 Å². The van der Waals surface area contributed by atoms with Crippen LogP contribution in [0, 0.1) is 0 Å². The summed E-state index contributed by atoms with van der Waals surface area (Å²) in [5, 5.41) is 26.1. The number of nitrogens with zero attached hydrogens (tertiary/aromatic N) is 3. The first-order valence-corrected chi connectivity index (χ1v) is 10.9. The minimum atomic E-state index is -0.176. The molecule has 0 aliphatic carbocycles. The fraction of sp³-hybridized carbons (Fsp3) is 0.417. The summed E-state index contributed by atoms with van der Waals surface area (Å²) >= 11 is 0. The number of piperidine rings is 1. The van der Waals surface area contributed by atoms with Gasteiger partial charge in [-0.05, 0) is 67.5 Å². The molecule has 7 heteroatoms. The molecule has 0 saturated carbocycles. The maximum Gasteiger partial charge on any atom is 0.340 e. The molecule has 0 radical (unpaired) electrons. The van der Waals surface area contributed by atoms with Crippen molar-refractivity contribution in [3.05, 3.63) is 64.2 Å². The number of anilines is 1. The van der Waals surface area contributed by atoms with Gasteiger partial charge in [0, 0.05) is 29.9 Å². The second kappa shape index (κ2) is 9.08. The molecule has 4 rings (SSSR count). The van der Waals surface area contributed by atoms with E-state index in [1.807, 2.05) is 48.2 Å². The van der Waals surface area contributed by atoms with E-state index < -0.39 is 0 Å². The maximum absolute atomic E-state index is 13.4. The summed E-state index contributed by atoms with van der Waals surface area (Å²) in [4.78, 5) is 15.3. The van der Waals surface area contributed by atoms with Crippen molar-refractivity contribution in [3.8, 4) is 0 Å². The van der Waals surface area contributed by atoms with E-state index in [1.54, 1.807) is 5.01 Å². The number of hydrogen-bond donors (Lipinski definition) is 3. The number of carbonyl (C=O) groups is 1. The van der Waals surface area contributed by atoms with E-state index in [2.05, 4.69) is 0 Å². The van der Waals surface area contributed by atoms with E-state index in [4.69, 9.17) is 10.8 Å². The van der Waals surface area contributed by atoms with Crippen LogP contribution < -0.4 is 5.73 Å². The third-order valence-corrected chi connectivity index (χ3v) is 6.17. The summed E-state index contributed by atoms with van der Waals surface area (Å²) in [6.45, 7) is 3.18. The molecule has 2 aromatic rings. The number of rotatable bonds is 3. The summed E-state index contributed by atoms with van der Waals surface area (Å²) < 4.78 is 0. The highest BCUT2D eigenvalue weighted by atomic mass is 16.3. The van der Waals surface area contributed by atoms with Crippen molar-refractivity contribution in [1.29, 1.82) is 0 Å². The standard InChI is InChI=1S/C24H30N4O3/c1-16-11-18-12-19(14-29)20(15-30)13-22(18)23(17-5-7-21(25)8-6-17)26-28(16)24(31)27-9-3-2-4-10-27/h5-8,12-13,16,29-30H,2-4,9-11,14-15,25H2,1H3. The summed E-state index contributed by atoms with van der Waals surface area (Å²) in [6.07, 6.45) is 3.79. The van der Waals surface area contributed by atoms with Gasteiger partial charge in [0.15, 0.2) is 0 Å². The number of fused-ring (bicyclic) bond motifs is 1. The predicted molar refractivity (Wildman–Crippen MR) is 121 cm³/mol. The van der Waals surface area contributed by atoms with E-state index in [-0.39, 0.29) is 25.3 Å². The molecule has 2 amide bonds. The molecule has 31 heavy (non-hydrogen) atoms. The summed E-state index contributed by atoms with van der Waals surface area (Å²) in [7, 11) is 0. The van der Waals surface area contributed by atoms with E-state index in [9.17, 15) is 15.0 Å². The molecule has 2 aliphatic heterocycles. The van der Waals surface area contributed by atoms with Crippen molar-refractivity contribution in [2.24, 2.45) is 5.10 Å². The van der Waals surface area contributed by atoms with E-state index >= 15 is 0 Å². The third kappa shape index (κ3) is 4.29. The van der Waals surface area contributed by atoms with Crippen LogP contribution in [0.15, 0.2) is 41.5 Å². The van der Waals surface area contributed by atoms with E-state index in [0.29, 0.717) is 28.9 Å². The van der Waals surface area contributed by atoms with Crippen LogP contribution in [0.1, 0.15) is 54.0 Å². The Morgan fingerprint density at radius 1 is 1.06 bits per heavy atom. The van der Waals surface area contributed by atoms with Crippen LogP contribution in [0.5, 0.6) is 0 Å². The molecule has 1 atom stereocenters. The van der Waals surface area contributed by atoms with Crippen LogP contribution in [-0.4, -0.2) is 51.0 Å². The largest absolute Gasteiger partial charge is 0.399 e. The van der Waals surface area contributed by atoms with Gasteiger partial charge in [-0.25, -0.2) is 9.80 Å². The van der Waals surface area contributed by atoms with Crippen LogP contribution in [0.4, 0.5) is 10.5 Å². The summed E-state index contributed by atoms with van der Waals surface area (Å²) in [5.74, 6) is 0. The smallest absolute Gasteiger partial charge is 0.340 e. The number of aliphatic hydroxyl groups is 2. The van der Waals surface area contributed by atoms with Crippen molar-refractivity contribution in [2.45, 2.75) is 51.9 Å². The van der Waals surface area contributed by atoms with Gasteiger partial charge in [0.2, 0.25) is 0 Å². The van der Waals surface area contributed by atoms with Crippen LogP contribution in [0.2, 0.25) is 0 Å². The highest BCUT2D eigenvalue weighted by Crippen LogP contribution is 2.28. The molecular weight excluding hydrogens is 392 g/mol. The molecule has 7 nitrogen and oxygen atoms in total. The average Bonchev–Trinajstić information content (AvgIpc) is 2.94. The van der Waals surface area contributed by atoms with Crippen LogP contribution in [-0.2, 0) is 19.6 Å². The highest BCUT2D eigenvalue weighted by Gasteiger charge is 2.31. The number of benzene rings is 2. The van der Waals surface area contributed by atoms with Crippen molar-refractivity contribution in [1.82, 2.24) is 9.91 Å². The van der Waals surface area contributed by atoms with Gasteiger partial charge in [-0.1, -0.05) is 18.2 Å². The van der Waals surface area contributed by atoms with Gasteiger partial charge >= 0.3 is 6.03 Å². The van der Waals surface area contributed by atoms with Crippen LogP contribution in [0.25, 0.3) is 0 Å². The fourth-order valence-electron chi connectivity index (χ4n) is 4.40. The number of nitrogen functional groups attached to an aromatic ring is 1. The van der Waals surface area contributed by atoms with Crippen molar-refractivity contribution < 1.29 is 15.0 Å². The number of urea groups is 1. The number of nitrogens with two attached hydrogens (primary N) is 1. The number of hydrogen-bond acceptors (Lipinski definition) is 5. The van der Waals surface area contributed by atoms with Gasteiger partial charge in [0.05, 0.1) is 25.0 Å². The molecule has 1 unspecified atom stereocenters. The molecule has 0 aromatic heterocycles. The first kappa shape index (κ1) is 21.3. The number of aliphatic hydroxyl groups excluding tert-OH is 2. The van der Waals surface area contributed by atoms with E-state index in [0.717, 1.165) is 49.0 Å². The lowest BCUT2D eigenvalue weighted by atomic mass is 9.90. The van der Waals surface area contributed by atoms with Gasteiger partial charge in [-0.2, -0.15) is 5.10 Å². The minimum absolute atomic E-state index is 0.0716. The molecular formula is C24H30N4O3. The summed E-state index contributed by atoms with van der Waals surface area (Å²) in [6, 6.07) is 11.0. The lowest BCUT2D eigenvalue weighted by Gasteiger charge is -2.33.